The van der Waals surface area contributed by atoms with E-state index in [2.05, 4.69) is 10.6 Å². The molecule has 2 saturated carbocycles. The maximum absolute atomic E-state index is 12.8. The van der Waals surface area contributed by atoms with Crippen molar-refractivity contribution in [2.45, 2.75) is 31.7 Å². The Balaban J connectivity index is 1.35. The van der Waals surface area contributed by atoms with Crippen LogP contribution in [0.15, 0.2) is 24.3 Å². The molecule has 140 valence electrons. The van der Waals surface area contributed by atoms with Crippen LogP contribution < -0.4 is 10.6 Å². The van der Waals surface area contributed by atoms with Crippen LogP contribution in [-0.4, -0.2) is 55.6 Å². The molecule has 1 aromatic rings. The Morgan fingerprint density at radius 1 is 1.08 bits per heavy atom. The summed E-state index contributed by atoms with van der Waals surface area (Å²) in [6.45, 7) is 2.57. The lowest BCUT2D eigenvalue weighted by molar-refractivity contribution is -0.120. The number of ether oxygens (including phenoxy) is 1. The van der Waals surface area contributed by atoms with Crippen LogP contribution in [-0.2, 0) is 9.53 Å². The summed E-state index contributed by atoms with van der Waals surface area (Å²) < 4.78 is 5.32. The first-order valence-electron chi connectivity index (χ1n) is 9.71. The maximum atomic E-state index is 12.8. The van der Waals surface area contributed by atoms with E-state index in [1.807, 2.05) is 24.3 Å². The first kappa shape index (κ1) is 17.3. The van der Waals surface area contributed by atoms with E-state index in [-0.39, 0.29) is 18.4 Å². The molecule has 0 unspecified atom stereocenters. The van der Waals surface area contributed by atoms with Crippen molar-refractivity contribution in [3.8, 4) is 0 Å². The molecule has 1 aromatic carbocycles. The first-order chi connectivity index (χ1) is 12.7. The number of para-hydroxylation sites is 1. The van der Waals surface area contributed by atoms with Crippen LogP contribution >= 0.6 is 0 Å². The molecule has 0 radical (unpaired) electrons. The quantitative estimate of drug-likeness (QED) is 0.782. The molecule has 3 aliphatic rings. The molecule has 0 spiro atoms. The van der Waals surface area contributed by atoms with Crippen LogP contribution in [0.25, 0.3) is 0 Å². The number of rotatable bonds is 7. The highest BCUT2D eigenvalue weighted by atomic mass is 16.5. The molecule has 1 heterocycles. The Morgan fingerprint density at radius 2 is 1.73 bits per heavy atom. The molecule has 1 saturated heterocycles. The number of morpholine rings is 1. The SMILES string of the molecule is O=C(CNc1ccccc1C(=O)N1CCOCC1)NC(C1CC1)C1CC1. The second kappa shape index (κ2) is 7.66. The zero-order valence-corrected chi connectivity index (χ0v) is 15.1. The summed E-state index contributed by atoms with van der Waals surface area (Å²) in [6, 6.07) is 7.77. The third kappa shape index (κ3) is 4.18. The van der Waals surface area contributed by atoms with Gasteiger partial charge in [0.25, 0.3) is 5.91 Å². The summed E-state index contributed by atoms with van der Waals surface area (Å²) in [7, 11) is 0. The van der Waals surface area contributed by atoms with Crippen molar-refractivity contribution in [1.29, 1.82) is 0 Å². The molecule has 2 N–H and O–H groups in total. The smallest absolute Gasteiger partial charge is 0.256 e. The normalized spacial score (nSPS) is 20.1. The number of hydrogen-bond donors (Lipinski definition) is 2. The van der Waals surface area contributed by atoms with Gasteiger partial charge in [0.15, 0.2) is 0 Å². The van der Waals surface area contributed by atoms with E-state index >= 15 is 0 Å². The largest absolute Gasteiger partial charge is 0.378 e. The third-order valence-electron chi connectivity index (χ3n) is 5.48. The van der Waals surface area contributed by atoms with Crippen molar-refractivity contribution in [3.05, 3.63) is 29.8 Å². The van der Waals surface area contributed by atoms with Gasteiger partial charge in [-0.3, -0.25) is 9.59 Å². The number of amides is 2. The molecule has 3 fully saturated rings. The molecule has 1 aliphatic heterocycles. The fraction of sp³-hybridized carbons (Fsp3) is 0.600. The highest BCUT2D eigenvalue weighted by Crippen LogP contribution is 2.44. The van der Waals surface area contributed by atoms with E-state index in [1.165, 1.54) is 25.7 Å². The monoisotopic (exact) mass is 357 g/mol. The highest BCUT2D eigenvalue weighted by molar-refractivity contribution is 6.00. The standard InChI is InChI=1S/C20H27N3O3/c24-18(22-19(14-5-6-14)15-7-8-15)13-21-17-4-2-1-3-16(17)20(25)23-9-11-26-12-10-23/h1-4,14-15,19,21H,5-13H2,(H,22,24). The van der Waals surface area contributed by atoms with Crippen LogP contribution in [0.4, 0.5) is 5.69 Å². The summed E-state index contributed by atoms with van der Waals surface area (Å²) in [4.78, 5) is 27.0. The predicted octanol–water partition coefficient (Wildman–Crippen LogP) is 1.88. The molecule has 4 rings (SSSR count). The molecule has 0 atom stereocenters. The number of nitrogens with zero attached hydrogens (tertiary/aromatic N) is 1. The van der Waals surface area contributed by atoms with Gasteiger partial charge >= 0.3 is 0 Å². The van der Waals surface area contributed by atoms with Gasteiger partial charge in [-0.05, 0) is 49.7 Å². The van der Waals surface area contributed by atoms with Crippen molar-refractivity contribution < 1.29 is 14.3 Å². The maximum Gasteiger partial charge on any atom is 0.256 e. The minimum absolute atomic E-state index is 0.00866. The number of hydrogen-bond acceptors (Lipinski definition) is 4. The number of carbonyl (C=O) groups is 2. The summed E-state index contributed by atoms with van der Waals surface area (Å²) >= 11 is 0. The van der Waals surface area contributed by atoms with E-state index in [1.54, 1.807) is 4.90 Å². The molecule has 26 heavy (non-hydrogen) atoms. The minimum atomic E-state index is -0.00866. The number of nitrogens with one attached hydrogen (secondary N) is 2. The van der Waals surface area contributed by atoms with E-state index in [4.69, 9.17) is 4.74 Å². The fourth-order valence-corrected chi connectivity index (χ4v) is 3.70. The van der Waals surface area contributed by atoms with Gasteiger partial charge in [-0.2, -0.15) is 0 Å². The molecule has 0 aromatic heterocycles. The Bertz CT molecular complexity index is 652. The molecule has 0 bridgehead atoms. The predicted molar refractivity (Wildman–Crippen MR) is 99.0 cm³/mol. The van der Waals surface area contributed by atoms with Gasteiger partial charge in [0, 0.05) is 24.8 Å². The summed E-state index contributed by atoms with van der Waals surface area (Å²) in [5, 5.41) is 6.38. The summed E-state index contributed by atoms with van der Waals surface area (Å²) in [5.74, 6) is 1.37. The van der Waals surface area contributed by atoms with E-state index < -0.39 is 0 Å². The number of benzene rings is 1. The van der Waals surface area contributed by atoms with Crippen molar-refractivity contribution in [1.82, 2.24) is 10.2 Å². The Labute approximate surface area is 154 Å². The first-order valence-corrected chi connectivity index (χ1v) is 9.71. The van der Waals surface area contributed by atoms with Crippen molar-refractivity contribution in [2.24, 2.45) is 11.8 Å². The summed E-state index contributed by atoms with van der Waals surface area (Å²) in [5.41, 5.74) is 1.33. The van der Waals surface area contributed by atoms with Crippen LogP contribution in [0.5, 0.6) is 0 Å². The van der Waals surface area contributed by atoms with E-state index in [9.17, 15) is 9.59 Å². The molecule has 2 aliphatic carbocycles. The van der Waals surface area contributed by atoms with Crippen molar-refractivity contribution >= 4 is 17.5 Å². The van der Waals surface area contributed by atoms with Gasteiger partial charge in [-0.25, -0.2) is 0 Å². The lowest BCUT2D eigenvalue weighted by Crippen LogP contribution is -2.42. The van der Waals surface area contributed by atoms with Gasteiger partial charge in [0.05, 0.1) is 25.3 Å². The van der Waals surface area contributed by atoms with Gasteiger partial charge in [-0.15, -0.1) is 0 Å². The zero-order valence-electron chi connectivity index (χ0n) is 15.1. The lowest BCUT2D eigenvalue weighted by Gasteiger charge is -2.27. The van der Waals surface area contributed by atoms with Crippen LogP contribution in [0.1, 0.15) is 36.0 Å². The Kier molecular flexibility index (Phi) is 5.11. The number of carbonyl (C=O) groups excluding carboxylic acids is 2. The summed E-state index contributed by atoms with van der Waals surface area (Å²) in [6.07, 6.45) is 4.97. The van der Waals surface area contributed by atoms with Gasteiger partial charge < -0.3 is 20.3 Å². The van der Waals surface area contributed by atoms with Crippen molar-refractivity contribution in [2.75, 3.05) is 38.2 Å². The van der Waals surface area contributed by atoms with Crippen LogP contribution in [0, 0.1) is 11.8 Å². The van der Waals surface area contributed by atoms with Crippen molar-refractivity contribution in [3.63, 3.8) is 0 Å². The second-order valence-corrected chi connectivity index (χ2v) is 7.57. The Morgan fingerprint density at radius 3 is 2.38 bits per heavy atom. The molecular formula is C20H27N3O3. The van der Waals surface area contributed by atoms with Crippen LogP contribution in [0.3, 0.4) is 0 Å². The van der Waals surface area contributed by atoms with Gasteiger partial charge in [-0.1, -0.05) is 12.1 Å². The van der Waals surface area contributed by atoms with E-state index in [0.29, 0.717) is 55.4 Å². The molecule has 6 nitrogen and oxygen atoms in total. The second-order valence-electron chi connectivity index (χ2n) is 7.57. The van der Waals surface area contributed by atoms with Gasteiger partial charge in [0.2, 0.25) is 5.91 Å². The zero-order chi connectivity index (χ0) is 17.9. The van der Waals surface area contributed by atoms with E-state index in [0.717, 1.165) is 0 Å². The van der Waals surface area contributed by atoms with Gasteiger partial charge in [0.1, 0.15) is 0 Å². The average molecular weight is 357 g/mol. The average Bonchev–Trinajstić information content (AvgIpc) is 3.58. The number of anilines is 1. The molecule has 6 heteroatoms. The topological polar surface area (TPSA) is 70.7 Å². The third-order valence-corrected chi connectivity index (χ3v) is 5.48. The highest BCUT2D eigenvalue weighted by Gasteiger charge is 2.42. The minimum Gasteiger partial charge on any atom is -0.378 e. The lowest BCUT2D eigenvalue weighted by atomic mass is 10.1. The molecular weight excluding hydrogens is 330 g/mol. The Hall–Kier alpha value is -2.08. The fourth-order valence-electron chi connectivity index (χ4n) is 3.70. The molecule has 2 amide bonds. The van der Waals surface area contributed by atoms with Crippen LogP contribution in [0.2, 0.25) is 0 Å².